The summed E-state index contributed by atoms with van der Waals surface area (Å²) in [6.45, 7) is 5.81. The predicted octanol–water partition coefficient (Wildman–Crippen LogP) is 0.954. The average molecular weight is 262 g/mol. The van der Waals surface area contributed by atoms with Gasteiger partial charge in [0.25, 0.3) is 0 Å². The van der Waals surface area contributed by atoms with Gasteiger partial charge in [0, 0.05) is 25.3 Å². The molecule has 1 amide bonds. The zero-order chi connectivity index (χ0) is 13.8. The Bertz CT molecular complexity index is 457. The summed E-state index contributed by atoms with van der Waals surface area (Å²) in [6, 6.07) is 2.82. The number of aryl methyl sites for hydroxylation is 1. The summed E-state index contributed by atoms with van der Waals surface area (Å²) >= 11 is 0. The minimum atomic E-state index is -0.331. The van der Waals surface area contributed by atoms with E-state index >= 15 is 0 Å². The Balaban J connectivity index is 2.05. The largest absolute Gasteiger partial charge is 0.368 e. The molecule has 1 saturated carbocycles. The lowest BCUT2D eigenvalue weighted by molar-refractivity contribution is -0.116. The molecule has 2 rings (SSSR count). The molecule has 104 valence electrons. The molecule has 1 aliphatic carbocycles. The average Bonchev–Trinajstić information content (AvgIpc) is 3.18. The number of hydrogen-bond acceptors (Lipinski definition) is 4. The second-order valence-corrected chi connectivity index (χ2v) is 5.12. The van der Waals surface area contributed by atoms with Crippen LogP contribution in [0.2, 0.25) is 0 Å². The van der Waals surface area contributed by atoms with Crippen molar-refractivity contribution in [3.05, 3.63) is 23.4 Å². The first kappa shape index (κ1) is 13.8. The molecule has 0 spiro atoms. The molecule has 0 bridgehead atoms. The zero-order valence-electron chi connectivity index (χ0n) is 11.6. The molecule has 0 aliphatic heterocycles. The molecule has 0 radical (unpaired) electrons. The summed E-state index contributed by atoms with van der Waals surface area (Å²) in [5.41, 5.74) is 7.52. The first-order valence-electron chi connectivity index (χ1n) is 6.82. The normalized spacial score (nSPS) is 14.4. The third kappa shape index (κ3) is 3.92. The van der Waals surface area contributed by atoms with E-state index in [1.54, 1.807) is 0 Å². The van der Waals surface area contributed by atoms with Crippen LogP contribution < -0.4 is 16.0 Å². The molecule has 1 fully saturated rings. The number of nitrogens with two attached hydrogens (primary N) is 1. The van der Waals surface area contributed by atoms with Gasteiger partial charge in [0.05, 0.1) is 6.54 Å². The lowest BCUT2D eigenvalue weighted by atomic mass is 10.2. The van der Waals surface area contributed by atoms with Crippen LogP contribution in [0.25, 0.3) is 0 Å². The van der Waals surface area contributed by atoms with E-state index in [0.29, 0.717) is 6.04 Å². The zero-order valence-corrected chi connectivity index (χ0v) is 11.6. The van der Waals surface area contributed by atoms with Gasteiger partial charge in [-0.1, -0.05) is 0 Å². The number of carbonyl (C=O) groups is 1. The van der Waals surface area contributed by atoms with Crippen LogP contribution in [0.5, 0.6) is 0 Å². The van der Waals surface area contributed by atoms with Crippen LogP contribution in [0.1, 0.15) is 30.9 Å². The fraction of sp³-hybridized carbons (Fsp3) is 0.571. The topological polar surface area (TPSA) is 71.2 Å². The minimum absolute atomic E-state index is 0.212. The fourth-order valence-corrected chi connectivity index (χ4v) is 2.13. The van der Waals surface area contributed by atoms with E-state index < -0.39 is 0 Å². The summed E-state index contributed by atoms with van der Waals surface area (Å²) < 4.78 is 0. The quantitative estimate of drug-likeness (QED) is 0.767. The molecule has 5 nitrogen and oxygen atoms in total. The first-order chi connectivity index (χ1) is 9.10. The van der Waals surface area contributed by atoms with Crippen molar-refractivity contribution < 1.29 is 4.79 Å². The van der Waals surface area contributed by atoms with Crippen molar-refractivity contribution in [2.75, 3.05) is 18.0 Å². The van der Waals surface area contributed by atoms with E-state index in [1.807, 2.05) is 24.9 Å². The molecule has 1 aliphatic rings. The maximum Gasteiger partial charge on any atom is 0.236 e. The van der Waals surface area contributed by atoms with Crippen LogP contribution in [-0.2, 0) is 11.3 Å². The number of nitrogens with one attached hydrogen (secondary N) is 1. The Morgan fingerprint density at radius 1 is 1.58 bits per heavy atom. The van der Waals surface area contributed by atoms with Crippen LogP contribution in [0.3, 0.4) is 0 Å². The number of pyridine rings is 1. The van der Waals surface area contributed by atoms with E-state index in [2.05, 4.69) is 16.4 Å². The first-order valence-corrected chi connectivity index (χ1v) is 6.82. The minimum Gasteiger partial charge on any atom is -0.368 e. The number of anilines is 1. The summed E-state index contributed by atoms with van der Waals surface area (Å²) in [5, 5.41) is 3.47. The number of hydrogen-bond donors (Lipinski definition) is 2. The van der Waals surface area contributed by atoms with E-state index in [-0.39, 0.29) is 12.5 Å². The molecule has 5 heteroatoms. The Morgan fingerprint density at radius 3 is 2.84 bits per heavy atom. The maximum absolute atomic E-state index is 11.0. The van der Waals surface area contributed by atoms with Crippen molar-refractivity contribution in [1.82, 2.24) is 10.3 Å². The maximum atomic E-state index is 11.0. The van der Waals surface area contributed by atoms with Crippen molar-refractivity contribution in [3.8, 4) is 0 Å². The number of primary amides is 1. The molecule has 0 atom stereocenters. The van der Waals surface area contributed by atoms with Crippen LogP contribution in [0.15, 0.2) is 12.3 Å². The van der Waals surface area contributed by atoms with Crippen molar-refractivity contribution >= 4 is 11.7 Å². The van der Waals surface area contributed by atoms with Gasteiger partial charge >= 0.3 is 0 Å². The second kappa shape index (κ2) is 6.02. The Morgan fingerprint density at radius 2 is 2.32 bits per heavy atom. The van der Waals surface area contributed by atoms with Crippen LogP contribution >= 0.6 is 0 Å². The standard InChI is InChI=1S/C14H22N4O/c1-3-18(9-13(15)19)14-10(2)6-11(8-17-14)7-16-12-4-5-12/h6,8,12,16H,3-5,7,9H2,1-2H3,(H2,15,19). The van der Waals surface area contributed by atoms with Gasteiger partial charge in [0.2, 0.25) is 5.91 Å². The molecule has 19 heavy (non-hydrogen) atoms. The molecule has 1 heterocycles. The van der Waals surface area contributed by atoms with E-state index in [0.717, 1.165) is 24.5 Å². The van der Waals surface area contributed by atoms with Gasteiger partial charge in [-0.25, -0.2) is 4.98 Å². The van der Waals surface area contributed by atoms with E-state index in [4.69, 9.17) is 5.73 Å². The van der Waals surface area contributed by atoms with Gasteiger partial charge in [-0.3, -0.25) is 4.79 Å². The molecule has 0 saturated heterocycles. The van der Waals surface area contributed by atoms with E-state index in [9.17, 15) is 4.79 Å². The molecule has 1 aromatic heterocycles. The highest BCUT2D eigenvalue weighted by molar-refractivity contribution is 5.79. The highest BCUT2D eigenvalue weighted by Gasteiger charge is 2.20. The van der Waals surface area contributed by atoms with Crippen LogP contribution in [-0.4, -0.2) is 30.0 Å². The van der Waals surface area contributed by atoms with Gasteiger partial charge in [-0.15, -0.1) is 0 Å². The number of aromatic nitrogens is 1. The summed E-state index contributed by atoms with van der Waals surface area (Å²) in [5.74, 6) is 0.513. The monoisotopic (exact) mass is 262 g/mol. The predicted molar refractivity (Wildman–Crippen MR) is 75.9 cm³/mol. The highest BCUT2D eigenvalue weighted by Crippen LogP contribution is 2.21. The lowest BCUT2D eigenvalue weighted by Crippen LogP contribution is -2.34. The number of amides is 1. The Hall–Kier alpha value is -1.62. The molecular formula is C14H22N4O. The Labute approximate surface area is 114 Å². The van der Waals surface area contributed by atoms with Gasteiger partial charge in [0.15, 0.2) is 0 Å². The van der Waals surface area contributed by atoms with Crippen molar-refractivity contribution in [2.45, 2.75) is 39.3 Å². The number of nitrogens with zero attached hydrogens (tertiary/aromatic N) is 2. The summed E-state index contributed by atoms with van der Waals surface area (Å²) in [7, 11) is 0. The highest BCUT2D eigenvalue weighted by atomic mass is 16.1. The smallest absolute Gasteiger partial charge is 0.236 e. The molecule has 3 N–H and O–H groups in total. The number of rotatable bonds is 7. The van der Waals surface area contributed by atoms with Gasteiger partial charge in [0.1, 0.15) is 5.82 Å². The fourth-order valence-electron chi connectivity index (χ4n) is 2.13. The number of carbonyl (C=O) groups excluding carboxylic acids is 1. The summed E-state index contributed by atoms with van der Waals surface area (Å²) in [6.07, 6.45) is 4.45. The van der Waals surface area contributed by atoms with Gasteiger partial charge < -0.3 is 16.0 Å². The third-order valence-electron chi connectivity index (χ3n) is 3.31. The van der Waals surface area contributed by atoms with Crippen molar-refractivity contribution in [2.24, 2.45) is 5.73 Å². The van der Waals surface area contributed by atoms with Gasteiger partial charge in [-0.2, -0.15) is 0 Å². The molecule has 0 unspecified atom stereocenters. The van der Waals surface area contributed by atoms with Gasteiger partial charge in [-0.05, 0) is 43.9 Å². The Kier molecular flexibility index (Phi) is 4.37. The molecule has 1 aromatic rings. The van der Waals surface area contributed by atoms with Crippen molar-refractivity contribution in [3.63, 3.8) is 0 Å². The number of likely N-dealkylation sites (N-methyl/N-ethyl adjacent to an activating group) is 1. The van der Waals surface area contributed by atoms with Crippen molar-refractivity contribution in [1.29, 1.82) is 0 Å². The molecular weight excluding hydrogens is 240 g/mol. The third-order valence-corrected chi connectivity index (χ3v) is 3.31. The molecule has 0 aromatic carbocycles. The second-order valence-electron chi connectivity index (χ2n) is 5.12. The lowest BCUT2D eigenvalue weighted by Gasteiger charge is -2.22. The summed E-state index contributed by atoms with van der Waals surface area (Å²) in [4.78, 5) is 17.4. The van der Waals surface area contributed by atoms with E-state index in [1.165, 1.54) is 18.4 Å². The van der Waals surface area contributed by atoms with Crippen LogP contribution in [0, 0.1) is 6.92 Å². The SMILES string of the molecule is CCN(CC(N)=O)c1ncc(CNC2CC2)cc1C. The van der Waals surface area contributed by atoms with Crippen LogP contribution in [0.4, 0.5) is 5.82 Å².